The second kappa shape index (κ2) is 3.49. The third kappa shape index (κ3) is 2.28. The van der Waals surface area contributed by atoms with Gasteiger partial charge in [-0.05, 0) is 13.0 Å². The number of anilines is 1. The van der Waals surface area contributed by atoms with E-state index in [-0.39, 0.29) is 18.9 Å². The van der Waals surface area contributed by atoms with Crippen LogP contribution in [0.15, 0.2) is 12.3 Å². The van der Waals surface area contributed by atoms with Gasteiger partial charge in [0, 0.05) is 13.1 Å². The first-order chi connectivity index (χ1) is 7.69. The van der Waals surface area contributed by atoms with E-state index in [0.29, 0.717) is 6.07 Å². The van der Waals surface area contributed by atoms with Crippen LogP contribution in [0, 0.1) is 0 Å². The van der Waals surface area contributed by atoms with E-state index in [4.69, 9.17) is 5.11 Å². The highest BCUT2D eigenvalue weighted by Gasteiger charge is 2.43. The van der Waals surface area contributed by atoms with E-state index in [2.05, 4.69) is 4.98 Å². The summed E-state index contributed by atoms with van der Waals surface area (Å²) in [4.78, 5) is 4.90. The highest BCUT2D eigenvalue weighted by molar-refractivity contribution is 5.53. The molecule has 2 rings (SSSR count). The maximum absolute atomic E-state index is 12.7. The Morgan fingerprint density at radius 1 is 1.41 bits per heavy atom. The van der Waals surface area contributed by atoms with Gasteiger partial charge in [0.1, 0.15) is 17.1 Å². The second-order valence-corrected chi connectivity index (χ2v) is 4.42. The molecule has 4 nitrogen and oxygen atoms in total. The molecule has 0 amide bonds. The Balaban J connectivity index is 2.35. The van der Waals surface area contributed by atoms with E-state index in [0.717, 1.165) is 6.20 Å². The molecular formula is C10H11F3N2O2. The number of aromatic hydroxyl groups is 1. The number of aromatic nitrogens is 1. The van der Waals surface area contributed by atoms with Crippen molar-refractivity contribution in [1.29, 1.82) is 0 Å². The summed E-state index contributed by atoms with van der Waals surface area (Å²) in [6.07, 6.45) is -3.62. The Morgan fingerprint density at radius 2 is 2.00 bits per heavy atom. The third-order valence-electron chi connectivity index (χ3n) is 2.52. The van der Waals surface area contributed by atoms with E-state index < -0.39 is 23.1 Å². The van der Waals surface area contributed by atoms with Gasteiger partial charge in [-0.25, -0.2) is 4.98 Å². The first-order valence-corrected chi connectivity index (χ1v) is 4.93. The molecule has 0 spiro atoms. The van der Waals surface area contributed by atoms with Gasteiger partial charge in [0.15, 0.2) is 0 Å². The van der Waals surface area contributed by atoms with Gasteiger partial charge in [-0.15, -0.1) is 0 Å². The van der Waals surface area contributed by atoms with Crippen molar-refractivity contribution in [3.63, 3.8) is 0 Å². The molecule has 1 aromatic rings. The van der Waals surface area contributed by atoms with E-state index in [1.165, 1.54) is 11.8 Å². The number of hydrogen-bond acceptors (Lipinski definition) is 4. The fourth-order valence-electron chi connectivity index (χ4n) is 1.83. The minimum atomic E-state index is -4.58. The van der Waals surface area contributed by atoms with Gasteiger partial charge in [0.25, 0.3) is 0 Å². The Kier molecular flexibility index (Phi) is 2.46. The fraction of sp³-hybridized carbons (Fsp3) is 0.500. The molecule has 0 aromatic carbocycles. The van der Waals surface area contributed by atoms with Gasteiger partial charge < -0.3 is 15.1 Å². The first-order valence-electron chi connectivity index (χ1n) is 4.93. The lowest BCUT2D eigenvalue weighted by atomic mass is 9.96. The Bertz CT molecular complexity index is 438. The molecule has 0 unspecified atom stereocenters. The number of rotatable bonds is 1. The second-order valence-electron chi connectivity index (χ2n) is 4.42. The molecule has 1 aromatic heterocycles. The molecule has 2 heterocycles. The molecule has 2 N–H and O–H groups in total. The highest BCUT2D eigenvalue weighted by Crippen LogP contribution is 2.39. The lowest BCUT2D eigenvalue weighted by Gasteiger charge is -2.45. The van der Waals surface area contributed by atoms with Gasteiger partial charge in [0.05, 0.1) is 11.8 Å². The Hall–Kier alpha value is -1.50. The van der Waals surface area contributed by atoms with Crippen molar-refractivity contribution in [3.05, 3.63) is 17.8 Å². The van der Waals surface area contributed by atoms with Crippen molar-refractivity contribution in [2.75, 3.05) is 18.0 Å². The van der Waals surface area contributed by atoms with E-state index in [1.807, 2.05) is 0 Å². The molecule has 1 saturated heterocycles. The van der Waals surface area contributed by atoms with Crippen LogP contribution in [0.1, 0.15) is 12.5 Å². The summed E-state index contributed by atoms with van der Waals surface area (Å²) < 4.78 is 38.1. The zero-order valence-corrected chi connectivity index (χ0v) is 8.99. The van der Waals surface area contributed by atoms with Crippen LogP contribution in [0.2, 0.25) is 0 Å². The van der Waals surface area contributed by atoms with Crippen molar-refractivity contribution in [1.82, 2.24) is 4.98 Å². The molecule has 0 aliphatic carbocycles. The smallest absolute Gasteiger partial charge is 0.420 e. The number of aliphatic hydroxyl groups is 1. The average Bonchev–Trinajstić information content (AvgIpc) is 2.12. The maximum Gasteiger partial charge on any atom is 0.420 e. The molecule has 0 bridgehead atoms. The van der Waals surface area contributed by atoms with Crippen LogP contribution in [-0.4, -0.2) is 33.9 Å². The number of nitrogens with zero attached hydrogens (tertiary/aromatic N) is 2. The molecule has 94 valence electrons. The van der Waals surface area contributed by atoms with Crippen molar-refractivity contribution in [3.8, 4) is 5.75 Å². The summed E-state index contributed by atoms with van der Waals surface area (Å²) in [5.41, 5.74) is -1.98. The maximum atomic E-state index is 12.7. The summed E-state index contributed by atoms with van der Waals surface area (Å²) in [6.45, 7) is 1.72. The molecule has 7 heteroatoms. The normalized spacial score (nSPS) is 19.0. The third-order valence-corrected chi connectivity index (χ3v) is 2.52. The number of halogens is 3. The quantitative estimate of drug-likeness (QED) is 0.788. The lowest BCUT2D eigenvalue weighted by Crippen LogP contribution is -2.60. The van der Waals surface area contributed by atoms with E-state index in [9.17, 15) is 18.3 Å². The van der Waals surface area contributed by atoms with E-state index >= 15 is 0 Å². The standard InChI is InChI=1S/C10H11F3N2O2/c1-9(17)4-15(5-9)8-7(10(11,12)13)2-6(16)3-14-8/h2-3,16-17H,4-5H2,1H3. The van der Waals surface area contributed by atoms with Crippen molar-refractivity contribution < 1.29 is 23.4 Å². The van der Waals surface area contributed by atoms with Gasteiger partial charge in [-0.2, -0.15) is 13.2 Å². The molecule has 0 radical (unpaired) electrons. The number of alkyl halides is 3. The van der Waals surface area contributed by atoms with Gasteiger partial charge in [0.2, 0.25) is 0 Å². The predicted molar refractivity (Wildman–Crippen MR) is 53.7 cm³/mol. The number of β-amino-alcohol motifs (C(OH)–C–C–N with tert-alkyl or cyclic N) is 1. The number of hydrogen-bond donors (Lipinski definition) is 2. The average molecular weight is 248 g/mol. The van der Waals surface area contributed by atoms with Crippen molar-refractivity contribution in [2.45, 2.75) is 18.7 Å². The monoisotopic (exact) mass is 248 g/mol. The topological polar surface area (TPSA) is 56.6 Å². The van der Waals surface area contributed by atoms with Gasteiger partial charge in [-0.3, -0.25) is 0 Å². The van der Waals surface area contributed by atoms with Gasteiger partial charge >= 0.3 is 6.18 Å². The van der Waals surface area contributed by atoms with Crippen LogP contribution in [0.4, 0.5) is 19.0 Å². The molecule has 1 aliphatic heterocycles. The van der Waals surface area contributed by atoms with Crippen molar-refractivity contribution >= 4 is 5.82 Å². The van der Waals surface area contributed by atoms with Crippen LogP contribution in [-0.2, 0) is 6.18 Å². The molecular weight excluding hydrogens is 237 g/mol. The zero-order valence-electron chi connectivity index (χ0n) is 8.99. The van der Waals surface area contributed by atoms with Crippen molar-refractivity contribution in [2.24, 2.45) is 0 Å². The van der Waals surface area contributed by atoms with Crippen LogP contribution in [0.3, 0.4) is 0 Å². The predicted octanol–water partition coefficient (Wildman–Crippen LogP) is 1.38. The zero-order chi connectivity index (χ0) is 12.8. The summed E-state index contributed by atoms with van der Waals surface area (Å²) in [6, 6.07) is 0.634. The van der Waals surface area contributed by atoms with Crippen LogP contribution in [0.5, 0.6) is 5.75 Å². The molecule has 1 fully saturated rings. The molecule has 17 heavy (non-hydrogen) atoms. The lowest BCUT2D eigenvalue weighted by molar-refractivity contribution is -0.137. The summed E-state index contributed by atoms with van der Waals surface area (Å²) in [7, 11) is 0. The SMILES string of the molecule is CC1(O)CN(c2ncc(O)cc2C(F)(F)F)C1. The minimum absolute atomic E-state index is 0.0911. The highest BCUT2D eigenvalue weighted by atomic mass is 19.4. The summed E-state index contributed by atoms with van der Waals surface area (Å²) in [5, 5.41) is 18.5. The molecule has 1 aliphatic rings. The summed E-state index contributed by atoms with van der Waals surface area (Å²) in [5.74, 6) is -0.796. The first kappa shape index (κ1) is 12.0. The van der Waals surface area contributed by atoms with Crippen LogP contribution in [0.25, 0.3) is 0 Å². The molecule has 0 saturated carbocycles. The summed E-state index contributed by atoms with van der Waals surface area (Å²) >= 11 is 0. The van der Waals surface area contributed by atoms with Gasteiger partial charge in [-0.1, -0.05) is 0 Å². The largest absolute Gasteiger partial charge is 0.506 e. The fourth-order valence-corrected chi connectivity index (χ4v) is 1.83. The Morgan fingerprint density at radius 3 is 2.47 bits per heavy atom. The van der Waals surface area contributed by atoms with Crippen LogP contribution >= 0.6 is 0 Å². The number of pyridine rings is 1. The molecule has 0 atom stereocenters. The minimum Gasteiger partial charge on any atom is -0.506 e. The van der Waals surface area contributed by atoms with Crippen LogP contribution < -0.4 is 4.90 Å². The van der Waals surface area contributed by atoms with E-state index in [1.54, 1.807) is 0 Å². The Labute approximate surface area is 95.3 Å².